The van der Waals surface area contributed by atoms with Crippen molar-refractivity contribution in [3.05, 3.63) is 65.6 Å². The van der Waals surface area contributed by atoms with Gasteiger partial charge in [-0.15, -0.1) is 0 Å². The molecule has 3 aromatic rings. The molecule has 3 rings (SSSR count). The quantitative estimate of drug-likeness (QED) is 0.806. The second-order valence-corrected chi connectivity index (χ2v) is 5.22. The van der Waals surface area contributed by atoms with Crippen molar-refractivity contribution in [2.24, 2.45) is 5.73 Å². The second kappa shape index (κ2) is 5.44. The van der Waals surface area contributed by atoms with E-state index in [1.54, 1.807) is 12.3 Å². The van der Waals surface area contributed by atoms with Crippen LogP contribution in [0.4, 0.5) is 0 Å². The Balaban J connectivity index is 2.16. The second-order valence-electron chi connectivity index (χ2n) is 5.22. The summed E-state index contributed by atoms with van der Waals surface area (Å²) >= 11 is 0. The van der Waals surface area contributed by atoms with Crippen molar-refractivity contribution in [1.29, 1.82) is 0 Å². The maximum absolute atomic E-state index is 11.3. The third-order valence-corrected chi connectivity index (χ3v) is 3.39. The van der Waals surface area contributed by atoms with Crippen LogP contribution >= 0.6 is 0 Å². The van der Waals surface area contributed by atoms with Gasteiger partial charge in [-0.2, -0.15) is 5.10 Å². The first-order valence-electron chi connectivity index (χ1n) is 6.94. The van der Waals surface area contributed by atoms with Crippen molar-refractivity contribution >= 4 is 5.91 Å². The van der Waals surface area contributed by atoms with Gasteiger partial charge in [-0.05, 0) is 49.7 Å². The van der Waals surface area contributed by atoms with E-state index in [9.17, 15) is 4.79 Å². The van der Waals surface area contributed by atoms with Crippen LogP contribution in [0.15, 0.2) is 48.7 Å². The van der Waals surface area contributed by atoms with Crippen LogP contribution in [0, 0.1) is 13.8 Å². The Morgan fingerprint density at radius 1 is 1.14 bits per heavy atom. The fraction of sp³-hybridized carbons (Fsp3) is 0.118. The van der Waals surface area contributed by atoms with Crippen LogP contribution in [0.3, 0.4) is 0 Å². The van der Waals surface area contributed by atoms with E-state index in [1.807, 2.05) is 48.9 Å². The summed E-state index contributed by atoms with van der Waals surface area (Å²) in [7, 11) is 0. The van der Waals surface area contributed by atoms with Crippen LogP contribution in [0.25, 0.3) is 16.9 Å². The van der Waals surface area contributed by atoms with Gasteiger partial charge in [0.15, 0.2) is 0 Å². The van der Waals surface area contributed by atoms with Crippen molar-refractivity contribution in [2.45, 2.75) is 13.8 Å². The first-order chi connectivity index (χ1) is 10.5. The molecule has 0 bridgehead atoms. The Bertz CT molecular complexity index is 851. The van der Waals surface area contributed by atoms with Crippen molar-refractivity contribution < 1.29 is 4.79 Å². The molecule has 0 unspecified atom stereocenters. The zero-order chi connectivity index (χ0) is 15.7. The SMILES string of the molecule is Cc1cccc(-n2nc(C)cc2-c2ccnc(C(N)=O)c2)c1. The number of hydrogen-bond donors (Lipinski definition) is 1. The van der Waals surface area contributed by atoms with Gasteiger partial charge in [0.1, 0.15) is 5.69 Å². The molecule has 5 heteroatoms. The lowest BCUT2D eigenvalue weighted by molar-refractivity contribution is 0.0995. The van der Waals surface area contributed by atoms with Crippen molar-refractivity contribution in [1.82, 2.24) is 14.8 Å². The Labute approximate surface area is 128 Å². The molecular weight excluding hydrogens is 276 g/mol. The highest BCUT2D eigenvalue weighted by atomic mass is 16.1. The number of primary amides is 1. The first-order valence-corrected chi connectivity index (χ1v) is 6.94. The molecule has 110 valence electrons. The number of nitrogens with zero attached hydrogens (tertiary/aromatic N) is 3. The number of aryl methyl sites for hydroxylation is 2. The molecule has 0 atom stereocenters. The van der Waals surface area contributed by atoms with Gasteiger partial charge in [0.25, 0.3) is 5.91 Å². The fourth-order valence-corrected chi connectivity index (χ4v) is 2.39. The molecule has 2 heterocycles. The molecule has 0 saturated heterocycles. The summed E-state index contributed by atoms with van der Waals surface area (Å²) in [6.45, 7) is 3.98. The fourth-order valence-electron chi connectivity index (χ4n) is 2.39. The number of amides is 1. The van der Waals surface area contributed by atoms with Gasteiger partial charge in [-0.1, -0.05) is 12.1 Å². The van der Waals surface area contributed by atoms with Crippen LogP contribution < -0.4 is 5.73 Å². The predicted molar refractivity (Wildman–Crippen MR) is 84.8 cm³/mol. The average Bonchev–Trinajstić information content (AvgIpc) is 2.89. The molecule has 0 fully saturated rings. The van der Waals surface area contributed by atoms with E-state index in [0.717, 1.165) is 28.2 Å². The molecule has 0 radical (unpaired) electrons. The zero-order valence-corrected chi connectivity index (χ0v) is 12.4. The molecule has 22 heavy (non-hydrogen) atoms. The maximum atomic E-state index is 11.3. The van der Waals surface area contributed by atoms with Gasteiger partial charge in [0.2, 0.25) is 0 Å². The number of rotatable bonds is 3. The maximum Gasteiger partial charge on any atom is 0.267 e. The minimum absolute atomic E-state index is 0.243. The van der Waals surface area contributed by atoms with Gasteiger partial charge in [0, 0.05) is 11.8 Å². The van der Waals surface area contributed by atoms with Crippen LogP contribution in [-0.2, 0) is 0 Å². The molecule has 1 aromatic carbocycles. The first kappa shape index (κ1) is 14.0. The molecule has 5 nitrogen and oxygen atoms in total. The number of nitrogens with two attached hydrogens (primary N) is 1. The smallest absolute Gasteiger partial charge is 0.267 e. The Morgan fingerprint density at radius 3 is 2.68 bits per heavy atom. The van der Waals surface area contributed by atoms with Crippen LogP contribution in [0.2, 0.25) is 0 Å². The monoisotopic (exact) mass is 292 g/mol. The number of carbonyl (C=O) groups excluding carboxylic acids is 1. The molecule has 0 saturated carbocycles. The van der Waals surface area contributed by atoms with E-state index in [0.29, 0.717) is 0 Å². The summed E-state index contributed by atoms with van der Waals surface area (Å²) in [5, 5.41) is 4.55. The Morgan fingerprint density at radius 2 is 1.95 bits per heavy atom. The predicted octanol–water partition coefficient (Wildman–Crippen LogP) is 2.65. The van der Waals surface area contributed by atoms with Gasteiger partial charge >= 0.3 is 0 Å². The highest BCUT2D eigenvalue weighted by Crippen LogP contribution is 2.24. The van der Waals surface area contributed by atoms with Crippen molar-refractivity contribution in [3.63, 3.8) is 0 Å². The standard InChI is InChI=1S/C17H16N4O/c1-11-4-3-5-14(8-11)21-16(9-12(2)20-21)13-6-7-19-15(10-13)17(18)22/h3-10H,1-2H3,(H2,18,22). The molecule has 1 amide bonds. The lowest BCUT2D eigenvalue weighted by Crippen LogP contribution is -2.13. The largest absolute Gasteiger partial charge is 0.364 e. The zero-order valence-electron chi connectivity index (χ0n) is 12.4. The van der Waals surface area contributed by atoms with E-state index in [4.69, 9.17) is 5.73 Å². The third-order valence-electron chi connectivity index (χ3n) is 3.39. The molecule has 2 N–H and O–H groups in total. The van der Waals surface area contributed by atoms with E-state index >= 15 is 0 Å². The third kappa shape index (κ3) is 2.61. The summed E-state index contributed by atoms with van der Waals surface area (Å²) < 4.78 is 1.86. The lowest BCUT2D eigenvalue weighted by Gasteiger charge is -2.09. The molecule has 0 aliphatic carbocycles. The number of pyridine rings is 1. The van der Waals surface area contributed by atoms with Gasteiger partial charge < -0.3 is 5.73 Å². The lowest BCUT2D eigenvalue weighted by atomic mass is 10.1. The van der Waals surface area contributed by atoms with Gasteiger partial charge in [-0.3, -0.25) is 9.78 Å². The molecule has 0 aliphatic heterocycles. The number of hydrogen-bond acceptors (Lipinski definition) is 3. The summed E-state index contributed by atoms with van der Waals surface area (Å²) in [5.74, 6) is -0.541. The summed E-state index contributed by atoms with van der Waals surface area (Å²) in [6, 6.07) is 13.6. The van der Waals surface area contributed by atoms with E-state index in [1.165, 1.54) is 0 Å². The molecule has 2 aromatic heterocycles. The van der Waals surface area contributed by atoms with Crippen LogP contribution in [0.1, 0.15) is 21.7 Å². The topological polar surface area (TPSA) is 73.8 Å². The normalized spacial score (nSPS) is 10.6. The highest BCUT2D eigenvalue weighted by molar-refractivity contribution is 5.91. The number of carbonyl (C=O) groups is 1. The minimum atomic E-state index is -0.541. The van der Waals surface area contributed by atoms with Crippen molar-refractivity contribution in [2.75, 3.05) is 0 Å². The Kier molecular flexibility index (Phi) is 3.47. The minimum Gasteiger partial charge on any atom is -0.364 e. The van der Waals surface area contributed by atoms with E-state index in [2.05, 4.69) is 16.1 Å². The van der Waals surface area contributed by atoms with E-state index in [-0.39, 0.29) is 5.69 Å². The average molecular weight is 292 g/mol. The van der Waals surface area contributed by atoms with Crippen LogP contribution in [-0.4, -0.2) is 20.7 Å². The van der Waals surface area contributed by atoms with E-state index < -0.39 is 5.91 Å². The van der Waals surface area contributed by atoms with Gasteiger partial charge in [0.05, 0.1) is 17.1 Å². The highest BCUT2D eigenvalue weighted by Gasteiger charge is 2.12. The summed E-state index contributed by atoms with van der Waals surface area (Å²) in [6.07, 6.45) is 1.58. The number of benzene rings is 1. The molecule has 0 spiro atoms. The summed E-state index contributed by atoms with van der Waals surface area (Å²) in [4.78, 5) is 15.3. The van der Waals surface area contributed by atoms with Gasteiger partial charge in [-0.25, -0.2) is 4.68 Å². The number of aromatic nitrogens is 3. The summed E-state index contributed by atoms with van der Waals surface area (Å²) in [5.41, 5.74) is 10.3. The van der Waals surface area contributed by atoms with Crippen molar-refractivity contribution in [3.8, 4) is 16.9 Å². The Hall–Kier alpha value is -2.95. The van der Waals surface area contributed by atoms with Crippen LogP contribution in [0.5, 0.6) is 0 Å². The molecular formula is C17H16N4O. The molecule has 0 aliphatic rings.